The smallest absolute Gasteiger partial charge is 0.0671 e. The molecule has 108 valence electrons. The standard InChI is InChI=1S/C18H25NS/c1-5-19-18(17-10-9-14(4)20-17)16-8-6-7-15(12-16)11-13(2)3/h6-10,12-13,18-19H,5,11H2,1-4H3. The summed E-state index contributed by atoms with van der Waals surface area (Å²) in [4.78, 5) is 2.78. The van der Waals surface area contributed by atoms with E-state index in [1.54, 1.807) is 0 Å². The number of thiophene rings is 1. The second kappa shape index (κ2) is 7.05. The van der Waals surface area contributed by atoms with Gasteiger partial charge in [0.15, 0.2) is 0 Å². The molecule has 0 saturated carbocycles. The predicted molar refractivity (Wildman–Crippen MR) is 89.6 cm³/mol. The van der Waals surface area contributed by atoms with Gasteiger partial charge in [-0.2, -0.15) is 0 Å². The Balaban J connectivity index is 2.29. The molecular weight excluding hydrogens is 262 g/mol. The van der Waals surface area contributed by atoms with E-state index in [1.807, 2.05) is 11.3 Å². The predicted octanol–water partition coefficient (Wildman–Crippen LogP) is 4.95. The SMILES string of the molecule is CCNC(c1cccc(CC(C)C)c1)c1ccc(C)s1. The van der Waals surface area contributed by atoms with Crippen molar-refractivity contribution in [3.8, 4) is 0 Å². The first-order chi connectivity index (χ1) is 9.60. The summed E-state index contributed by atoms with van der Waals surface area (Å²) in [5.74, 6) is 0.701. The van der Waals surface area contributed by atoms with Crippen molar-refractivity contribution >= 4 is 11.3 Å². The largest absolute Gasteiger partial charge is 0.306 e. The summed E-state index contributed by atoms with van der Waals surface area (Å²) >= 11 is 1.89. The normalized spacial score (nSPS) is 12.8. The lowest BCUT2D eigenvalue weighted by Gasteiger charge is -2.18. The van der Waals surface area contributed by atoms with Crippen LogP contribution in [0.2, 0.25) is 0 Å². The first-order valence-electron chi connectivity index (χ1n) is 7.48. The van der Waals surface area contributed by atoms with E-state index in [0.717, 1.165) is 13.0 Å². The van der Waals surface area contributed by atoms with Crippen molar-refractivity contribution in [3.63, 3.8) is 0 Å². The van der Waals surface area contributed by atoms with Gasteiger partial charge in [-0.3, -0.25) is 0 Å². The van der Waals surface area contributed by atoms with Gasteiger partial charge in [-0.1, -0.05) is 45.0 Å². The Morgan fingerprint density at radius 1 is 1.15 bits per heavy atom. The van der Waals surface area contributed by atoms with Gasteiger partial charge in [0.25, 0.3) is 0 Å². The minimum atomic E-state index is 0.325. The molecule has 0 spiro atoms. The zero-order valence-corrected chi connectivity index (χ0v) is 13.8. The van der Waals surface area contributed by atoms with Crippen LogP contribution in [0.3, 0.4) is 0 Å². The van der Waals surface area contributed by atoms with Crippen LogP contribution >= 0.6 is 11.3 Å². The van der Waals surface area contributed by atoms with Crippen molar-refractivity contribution in [1.29, 1.82) is 0 Å². The lowest BCUT2D eigenvalue weighted by atomic mass is 9.97. The summed E-state index contributed by atoms with van der Waals surface area (Å²) in [6.07, 6.45) is 1.15. The van der Waals surface area contributed by atoms with E-state index in [9.17, 15) is 0 Å². The lowest BCUT2D eigenvalue weighted by Crippen LogP contribution is -2.21. The van der Waals surface area contributed by atoms with Crippen molar-refractivity contribution in [3.05, 3.63) is 57.3 Å². The number of hydrogen-bond donors (Lipinski definition) is 1. The Morgan fingerprint density at radius 2 is 1.95 bits per heavy atom. The summed E-state index contributed by atoms with van der Waals surface area (Å²) in [6.45, 7) is 9.88. The van der Waals surface area contributed by atoms with Gasteiger partial charge < -0.3 is 5.32 Å². The number of rotatable bonds is 6. The fraction of sp³-hybridized carbons (Fsp3) is 0.444. The highest BCUT2D eigenvalue weighted by atomic mass is 32.1. The van der Waals surface area contributed by atoms with E-state index < -0.39 is 0 Å². The molecule has 0 fully saturated rings. The molecule has 0 radical (unpaired) electrons. The quantitative estimate of drug-likeness (QED) is 0.792. The highest BCUT2D eigenvalue weighted by Gasteiger charge is 2.15. The van der Waals surface area contributed by atoms with Crippen molar-refractivity contribution < 1.29 is 0 Å². The highest BCUT2D eigenvalue weighted by Crippen LogP contribution is 2.29. The van der Waals surface area contributed by atoms with Gasteiger partial charge in [0.2, 0.25) is 0 Å². The van der Waals surface area contributed by atoms with Crippen LogP contribution in [0.1, 0.15) is 47.7 Å². The van der Waals surface area contributed by atoms with Crippen molar-refractivity contribution in [2.45, 2.75) is 40.2 Å². The van der Waals surface area contributed by atoms with E-state index >= 15 is 0 Å². The number of nitrogens with one attached hydrogen (secondary N) is 1. The molecule has 0 aliphatic rings. The summed E-state index contributed by atoms with van der Waals surface area (Å²) in [6, 6.07) is 13.8. The maximum atomic E-state index is 3.62. The van der Waals surface area contributed by atoms with E-state index in [4.69, 9.17) is 0 Å². The van der Waals surface area contributed by atoms with Crippen LogP contribution in [0, 0.1) is 12.8 Å². The van der Waals surface area contributed by atoms with Crippen LogP contribution in [0.15, 0.2) is 36.4 Å². The van der Waals surface area contributed by atoms with Crippen LogP contribution in [0.25, 0.3) is 0 Å². The van der Waals surface area contributed by atoms with Crippen LogP contribution in [0.4, 0.5) is 0 Å². The summed E-state index contributed by atoms with van der Waals surface area (Å²) < 4.78 is 0. The third-order valence-corrected chi connectivity index (χ3v) is 4.45. The molecular formula is C18H25NS. The third kappa shape index (κ3) is 3.94. The molecule has 1 unspecified atom stereocenters. The highest BCUT2D eigenvalue weighted by molar-refractivity contribution is 7.12. The molecule has 1 N–H and O–H groups in total. The molecule has 20 heavy (non-hydrogen) atoms. The minimum Gasteiger partial charge on any atom is -0.306 e. The van der Waals surface area contributed by atoms with Crippen LogP contribution < -0.4 is 5.32 Å². The zero-order chi connectivity index (χ0) is 14.5. The van der Waals surface area contributed by atoms with Gasteiger partial charge in [-0.05, 0) is 49.1 Å². The fourth-order valence-corrected chi connectivity index (χ4v) is 3.55. The Hall–Kier alpha value is -1.12. The molecule has 1 atom stereocenters. The molecule has 1 nitrogen and oxygen atoms in total. The van der Waals surface area contributed by atoms with Gasteiger partial charge in [0.1, 0.15) is 0 Å². The van der Waals surface area contributed by atoms with E-state index in [-0.39, 0.29) is 0 Å². The monoisotopic (exact) mass is 287 g/mol. The molecule has 2 heteroatoms. The Bertz CT molecular complexity index is 542. The topological polar surface area (TPSA) is 12.0 Å². The zero-order valence-electron chi connectivity index (χ0n) is 12.9. The average molecular weight is 287 g/mol. The number of hydrogen-bond acceptors (Lipinski definition) is 2. The Morgan fingerprint density at radius 3 is 2.55 bits per heavy atom. The lowest BCUT2D eigenvalue weighted by molar-refractivity contribution is 0.630. The third-order valence-electron chi connectivity index (χ3n) is 3.38. The van der Waals surface area contributed by atoms with Crippen molar-refractivity contribution in [2.24, 2.45) is 5.92 Å². The van der Waals surface area contributed by atoms with Gasteiger partial charge in [0, 0.05) is 9.75 Å². The fourth-order valence-electron chi connectivity index (χ4n) is 2.57. The Labute approximate surface area is 127 Å². The van der Waals surface area contributed by atoms with Crippen molar-refractivity contribution in [1.82, 2.24) is 5.32 Å². The minimum absolute atomic E-state index is 0.325. The maximum absolute atomic E-state index is 3.62. The molecule has 0 aliphatic carbocycles. The molecule has 1 aromatic heterocycles. The van der Waals surface area contributed by atoms with Crippen molar-refractivity contribution in [2.75, 3.05) is 6.54 Å². The Kier molecular flexibility index (Phi) is 5.38. The number of benzene rings is 1. The summed E-state index contributed by atoms with van der Waals surface area (Å²) in [5.41, 5.74) is 2.82. The molecule has 0 aliphatic heterocycles. The first kappa shape index (κ1) is 15.3. The van der Waals surface area contributed by atoms with E-state index in [1.165, 1.54) is 20.9 Å². The molecule has 1 heterocycles. The van der Waals surface area contributed by atoms with Gasteiger partial charge in [0.05, 0.1) is 6.04 Å². The van der Waals surface area contributed by atoms with Crippen LogP contribution in [-0.2, 0) is 6.42 Å². The maximum Gasteiger partial charge on any atom is 0.0671 e. The van der Waals surface area contributed by atoms with Gasteiger partial charge >= 0.3 is 0 Å². The molecule has 0 saturated heterocycles. The number of aryl methyl sites for hydroxylation is 1. The van der Waals surface area contributed by atoms with Gasteiger partial charge in [-0.15, -0.1) is 11.3 Å². The summed E-state index contributed by atoms with van der Waals surface area (Å²) in [7, 11) is 0. The second-order valence-corrected chi connectivity index (χ2v) is 7.10. The van der Waals surface area contributed by atoms with Crippen LogP contribution in [0.5, 0.6) is 0 Å². The molecule has 1 aromatic carbocycles. The second-order valence-electron chi connectivity index (χ2n) is 5.78. The molecule has 2 aromatic rings. The van der Waals surface area contributed by atoms with E-state index in [0.29, 0.717) is 12.0 Å². The molecule has 0 bridgehead atoms. The average Bonchev–Trinajstić information content (AvgIpc) is 2.82. The molecule has 0 amide bonds. The van der Waals surface area contributed by atoms with E-state index in [2.05, 4.69) is 69.4 Å². The molecule has 2 rings (SSSR count). The van der Waals surface area contributed by atoms with Crippen LogP contribution in [-0.4, -0.2) is 6.54 Å². The summed E-state index contributed by atoms with van der Waals surface area (Å²) in [5, 5.41) is 3.62. The first-order valence-corrected chi connectivity index (χ1v) is 8.30. The van der Waals surface area contributed by atoms with Gasteiger partial charge in [-0.25, -0.2) is 0 Å².